The van der Waals surface area contributed by atoms with Gasteiger partial charge in [0.25, 0.3) is 0 Å². The molecule has 0 saturated carbocycles. The lowest BCUT2D eigenvalue weighted by atomic mass is 10.1. The molecule has 86 valence electrons. The van der Waals surface area contributed by atoms with Crippen LogP contribution in [0.1, 0.15) is 33.6 Å². The van der Waals surface area contributed by atoms with Crippen LogP contribution in [0.15, 0.2) is 0 Å². The molecule has 0 spiro atoms. The van der Waals surface area contributed by atoms with E-state index in [1.54, 1.807) is 7.11 Å². The normalized spacial score (nSPS) is 15.9. The van der Waals surface area contributed by atoms with Crippen LogP contribution in [0.4, 0.5) is 0 Å². The molecule has 0 heterocycles. The number of likely N-dealkylation sites (N-methyl/N-ethyl adjacent to an activating group) is 1. The van der Waals surface area contributed by atoms with Gasteiger partial charge in [-0.1, -0.05) is 20.3 Å². The molecule has 0 radical (unpaired) electrons. The van der Waals surface area contributed by atoms with Crippen LogP contribution in [0.2, 0.25) is 0 Å². The summed E-state index contributed by atoms with van der Waals surface area (Å²) >= 11 is 0. The Morgan fingerprint density at radius 1 is 1.36 bits per heavy atom. The third-order valence-electron chi connectivity index (χ3n) is 2.70. The number of hydrogen-bond donors (Lipinski definition) is 1. The first-order chi connectivity index (χ1) is 6.71. The van der Waals surface area contributed by atoms with Gasteiger partial charge in [0.15, 0.2) is 0 Å². The molecule has 2 N–H and O–H groups in total. The molecule has 14 heavy (non-hydrogen) atoms. The van der Waals surface area contributed by atoms with Crippen LogP contribution in [0.5, 0.6) is 0 Å². The molecule has 3 heteroatoms. The summed E-state index contributed by atoms with van der Waals surface area (Å²) < 4.78 is 5.18. The molecule has 0 aliphatic rings. The summed E-state index contributed by atoms with van der Waals surface area (Å²) in [5.41, 5.74) is 5.79. The largest absolute Gasteiger partial charge is 0.383 e. The first-order valence-electron chi connectivity index (χ1n) is 5.65. The Labute approximate surface area is 88.6 Å². The fourth-order valence-corrected chi connectivity index (χ4v) is 2.02. The van der Waals surface area contributed by atoms with E-state index in [1.165, 1.54) is 12.8 Å². The molecule has 0 fully saturated rings. The van der Waals surface area contributed by atoms with Gasteiger partial charge in [0.1, 0.15) is 0 Å². The zero-order valence-electron chi connectivity index (χ0n) is 10.1. The molecule has 0 amide bonds. The summed E-state index contributed by atoms with van der Waals surface area (Å²) in [5, 5.41) is 0. The molecule has 2 atom stereocenters. The van der Waals surface area contributed by atoms with Crippen LogP contribution in [-0.2, 0) is 4.74 Å². The van der Waals surface area contributed by atoms with E-state index in [0.29, 0.717) is 12.1 Å². The van der Waals surface area contributed by atoms with E-state index < -0.39 is 0 Å². The van der Waals surface area contributed by atoms with Crippen LogP contribution in [-0.4, -0.2) is 43.8 Å². The monoisotopic (exact) mass is 202 g/mol. The minimum absolute atomic E-state index is 0.463. The molecule has 0 saturated heterocycles. The summed E-state index contributed by atoms with van der Waals surface area (Å²) in [6.07, 6.45) is 2.37. The van der Waals surface area contributed by atoms with Crippen molar-refractivity contribution in [2.24, 2.45) is 5.73 Å². The number of rotatable bonds is 8. The van der Waals surface area contributed by atoms with E-state index in [9.17, 15) is 0 Å². The van der Waals surface area contributed by atoms with E-state index in [-0.39, 0.29) is 0 Å². The van der Waals surface area contributed by atoms with E-state index in [2.05, 4.69) is 25.7 Å². The maximum atomic E-state index is 5.79. The number of hydrogen-bond acceptors (Lipinski definition) is 3. The van der Waals surface area contributed by atoms with Crippen molar-refractivity contribution < 1.29 is 4.74 Å². The van der Waals surface area contributed by atoms with Crippen molar-refractivity contribution in [3.8, 4) is 0 Å². The minimum atomic E-state index is 0.463. The number of methoxy groups -OCH3 is 1. The van der Waals surface area contributed by atoms with Gasteiger partial charge in [0.2, 0.25) is 0 Å². The minimum Gasteiger partial charge on any atom is -0.383 e. The molecule has 0 aromatic rings. The van der Waals surface area contributed by atoms with E-state index >= 15 is 0 Å². The Hall–Kier alpha value is -0.120. The number of nitrogens with zero attached hydrogens (tertiary/aromatic N) is 1. The third kappa shape index (κ3) is 4.40. The molecular formula is C11H26N2O. The first-order valence-corrected chi connectivity index (χ1v) is 5.65. The smallest absolute Gasteiger partial charge is 0.0615 e. The van der Waals surface area contributed by atoms with Crippen molar-refractivity contribution in [1.82, 2.24) is 4.90 Å². The molecular weight excluding hydrogens is 176 g/mol. The highest BCUT2D eigenvalue weighted by atomic mass is 16.5. The topological polar surface area (TPSA) is 38.5 Å². The van der Waals surface area contributed by atoms with Gasteiger partial charge in [0, 0.05) is 25.7 Å². The van der Waals surface area contributed by atoms with Crippen LogP contribution in [0.3, 0.4) is 0 Å². The van der Waals surface area contributed by atoms with E-state index in [4.69, 9.17) is 10.5 Å². The Kier molecular flexibility index (Phi) is 8.14. The van der Waals surface area contributed by atoms with Crippen LogP contribution in [0, 0.1) is 0 Å². The summed E-state index contributed by atoms with van der Waals surface area (Å²) in [7, 11) is 1.75. The van der Waals surface area contributed by atoms with Gasteiger partial charge in [-0.2, -0.15) is 0 Å². The summed E-state index contributed by atoms with van der Waals surface area (Å²) in [6.45, 7) is 9.17. The van der Waals surface area contributed by atoms with E-state index in [0.717, 1.165) is 19.7 Å². The van der Waals surface area contributed by atoms with Gasteiger partial charge in [-0.3, -0.25) is 4.90 Å². The number of nitrogens with two attached hydrogens (primary N) is 1. The lowest BCUT2D eigenvalue weighted by Gasteiger charge is -2.34. The Balaban J connectivity index is 4.18. The van der Waals surface area contributed by atoms with Gasteiger partial charge >= 0.3 is 0 Å². The Bertz CT molecular complexity index is 130. The van der Waals surface area contributed by atoms with Gasteiger partial charge in [-0.25, -0.2) is 0 Å². The van der Waals surface area contributed by atoms with Crippen molar-refractivity contribution in [1.29, 1.82) is 0 Å². The molecule has 0 aromatic carbocycles. The summed E-state index contributed by atoms with van der Waals surface area (Å²) in [4.78, 5) is 2.44. The van der Waals surface area contributed by atoms with Gasteiger partial charge in [0.05, 0.1) is 6.61 Å². The fraction of sp³-hybridized carbons (Fsp3) is 1.00. The standard InChI is InChI=1S/C11H26N2O/c1-5-7-11(8-12)13(6-2)10(3)9-14-4/h10-11H,5-9,12H2,1-4H3. The molecule has 3 nitrogen and oxygen atoms in total. The summed E-state index contributed by atoms with van der Waals surface area (Å²) in [6, 6.07) is 0.972. The Morgan fingerprint density at radius 3 is 2.36 bits per heavy atom. The van der Waals surface area contributed by atoms with Gasteiger partial charge in [-0.05, 0) is 19.9 Å². The zero-order valence-corrected chi connectivity index (χ0v) is 10.1. The molecule has 2 unspecified atom stereocenters. The maximum absolute atomic E-state index is 5.79. The second-order valence-electron chi connectivity index (χ2n) is 3.81. The van der Waals surface area contributed by atoms with Crippen molar-refractivity contribution >= 4 is 0 Å². The average Bonchev–Trinajstić information content (AvgIpc) is 2.18. The lowest BCUT2D eigenvalue weighted by molar-refractivity contribution is 0.0722. The zero-order chi connectivity index (χ0) is 11.0. The predicted molar refractivity (Wildman–Crippen MR) is 61.5 cm³/mol. The summed E-state index contributed by atoms with van der Waals surface area (Å²) in [5.74, 6) is 0. The average molecular weight is 202 g/mol. The highest BCUT2D eigenvalue weighted by molar-refractivity contribution is 4.76. The molecule has 0 aromatic heterocycles. The second kappa shape index (κ2) is 8.21. The first kappa shape index (κ1) is 13.9. The van der Waals surface area contributed by atoms with E-state index in [1.807, 2.05) is 0 Å². The van der Waals surface area contributed by atoms with Crippen molar-refractivity contribution in [3.05, 3.63) is 0 Å². The van der Waals surface area contributed by atoms with Crippen molar-refractivity contribution in [3.63, 3.8) is 0 Å². The molecule has 0 bridgehead atoms. The van der Waals surface area contributed by atoms with Crippen LogP contribution >= 0.6 is 0 Å². The van der Waals surface area contributed by atoms with Crippen LogP contribution < -0.4 is 5.73 Å². The van der Waals surface area contributed by atoms with Gasteiger partial charge < -0.3 is 10.5 Å². The quantitative estimate of drug-likeness (QED) is 0.648. The van der Waals surface area contributed by atoms with Crippen molar-refractivity contribution in [2.45, 2.75) is 45.7 Å². The highest BCUT2D eigenvalue weighted by Crippen LogP contribution is 2.10. The SMILES string of the molecule is CCCC(CN)N(CC)C(C)COC. The molecule has 0 aliphatic heterocycles. The maximum Gasteiger partial charge on any atom is 0.0615 e. The number of ether oxygens (including phenoxy) is 1. The highest BCUT2D eigenvalue weighted by Gasteiger charge is 2.19. The second-order valence-corrected chi connectivity index (χ2v) is 3.81. The van der Waals surface area contributed by atoms with Crippen molar-refractivity contribution in [2.75, 3.05) is 26.8 Å². The predicted octanol–water partition coefficient (Wildman–Crippen LogP) is 1.47. The Morgan fingerprint density at radius 2 is 2.00 bits per heavy atom. The van der Waals surface area contributed by atoms with Crippen LogP contribution in [0.25, 0.3) is 0 Å². The fourth-order valence-electron chi connectivity index (χ4n) is 2.02. The third-order valence-corrected chi connectivity index (χ3v) is 2.70. The lowest BCUT2D eigenvalue weighted by Crippen LogP contribution is -2.47. The van der Waals surface area contributed by atoms with Gasteiger partial charge in [-0.15, -0.1) is 0 Å². The molecule has 0 aliphatic carbocycles. The molecule has 0 rings (SSSR count).